The number of amides is 2. The molecule has 1 aromatic heterocycles. The van der Waals surface area contributed by atoms with E-state index in [1.54, 1.807) is 29.2 Å². The molecule has 1 fully saturated rings. The van der Waals surface area contributed by atoms with Gasteiger partial charge in [-0.2, -0.15) is 0 Å². The molecule has 0 radical (unpaired) electrons. The second kappa shape index (κ2) is 9.53. The normalized spacial score (nSPS) is 13.3. The van der Waals surface area contributed by atoms with E-state index in [0.717, 1.165) is 22.7 Å². The summed E-state index contributed by atoms with van der Waals surface area (Å²) in [5.74, 6) is -0.825. The highest BCUT2D eigenvalue weighted by Crippen LogP contribution is 2.24. The first-order valence-corrected chi connectivity index (χ1v) is 10.8. The Bertz CT molecular complexity index is 1080. The number of rotatable bonds is 7. The number of hydrogen-bond donors (Lipinski definition) is 1. The zero-order valence-corrected chi connectivity index (χ0v) is 17.6. The number of thiazole rings is 1. The van der Waals surface area contributed by atoms with Crippen LogP contribution in [0.1, 0.15) is 28.9 Å². The molecule has 0 bridgehead atoms. The standard InChI is InChI=1S/C23H21N3O4S/c27-20-7-4-12-26(20)19-10-8-16(9-11-19)22(29)24-13-21(28)30-14-18-15-31-23(25-18)17-5-2-1-3-6-17/h1-3,5-6,8-11,15H,4,7,12-14H2,(H,24,29). The van der Waals surface area contributed by atoms with Gasteiger partial charge in [-0.25, -0.2) is 4.98 Å². The maximum Gasteiger partial charge on any atom is 0.325 e. The van der Waals surface area contributed by atoms with Crippen LogP contribution in [-0.4, -0.2) is 35.9 Å². The van der Waals surface area contributed by atoms with Gasteiger partial charge in [0.1, 0.15) is 18.2 Å². The topological polar surface area (TPSA) is 88.6 Å². The lowest BCUT2D eigenvalue weighted by atomic mass is 10.2. The van der Waals surface area contributed by atoms with E-state index >= 15 is 0 Å². The summed E-state index contributed by atoms with van der Waals surface area (Å²) in [6.07, 6.45) is 1.40. The lowest BCUT2D eigenvalue weighted by Gasteiger charge is -2.15. The summed E-state index contributed by atoms with van der Waals surface area (Å²) in [7, 11) is 0. The summed E-state index contributed by atoms with van der Waals surface area (Å²) in [5, 5.41) is 5.26. The zero-order valence-electron chi connectivity index (χ0n) is 16.7. The number of benzene rings is 2. The number of hydrogen-bond acceptors (Lipinski definition) is 6. The highest BCUT2D eigenvalue weighted by atomic mass is 32.1. The Morgan fingerprint density at radius 3 is 2.58 bits per heavy atom. The molecule has 0 spiro atoms. The Labute approximate surface area is 183 Å². The third-order valence-electron chi connectivity index (χ3n) is 4.86. The molecule has 158 valence electrons. The van der Waals surface area contributed by atoms with Crippen LogP contribution in [0.15, 0.2) is 60.0 Å². The number of esters is 1. The molecule has 0 aliphatic carbocycles. The van der Waals surface area contributed by atoms with Crippen molar-refractivity contribution in [1.82, 2.24) is 10.3 Å². The molecule has 1 aliphatic rings. The first-order valence-electron chi connectivity index (χ1n) is 9.94. The summed E-state index contributed by atoms with van der Waals surface area (Å²) in [5.41, 5.74) is 2.86. The largest absolute Gasteiger partial charge is 0.458 e. The molecular weight excluding hydrogens is 414 g/mol. The molecule has 0 unspecified atom stereocenters. The average molecular weight is 436 g/mol. The van der Waals surface area contributed by atoms with Gasteiger partial charge < -0.3 is 15.0 Å². The van der Waals surface area contributed by atoms with Gasteiger partial charge >= 0.3 is 5.97 Å². The number of carbonyl (C=O) groups is 3. The molecule has 1 aliphatic heterocycles. The number of aromatic nitrogens is 1. The average Bonchev–Trinajstić information content (AvgIpc) is 3.46. The van der Waals surface area contributed by atoms with Crippen molar-refractivity contribution in [2.24, 2.45) is 0 Å². The molecule has 3 aromatic rings. The van der Waals surface area contributed by atoms with Gasteiger partial charge in [0.05, 0.1) is 5.69 Å². The summed E-state index contributed by atoms with van der Waals surface area (Å²) in [6.45, 7) is 0.513. The smallest absolute Gasteiger partial charge is 0.325 e. The number of nitrogens with one attached hydrogen (secondary N) is 1. The van der Waals surface area contributed by atoms with Gasteiger partial charge in [-0.05, 0) is 30.7 Å². The Morgan fingerprint density at radius 1 is 1.10 bits per heavy atom. The third-order valence-corrected chi connectivity index (χ3v) is 5.80. The Hall–Kier alpha value is -3.52. The van der Waals surface area contributed by atoms with E-state index in [2.05, 4.69) is 10.3 Å². The molecule has 4 rings (SSSR count). The molecule has 0 saturated carbocycles. The second-order valence-corrected chi connectivity index (χ2v) is 7.91. The molecule has 1 saturated heterocycles. The van der Waals surface area contributed by atoms with Gasteiger partial charge in [0.2, 0.25) is 5.91 Å². The van der Waals surface area contributed by atoms with Crippen LogP contribution in [0.2, 0.25) is 0 Å². The van der Waals surface area contributed by atoms with Crippen LogP contribution in [0.3, 0.4) is 0 Å². The Balaban J connectivity index is 1.24. The molecule has 8 heteroatoms. The highest BCUT2D eigenvalue weighted by molar-refractivity contribution is 7.13. The minimum Gasteiger partial charge on any atom is -0.458 e. The van der Waals surface area contributed by atoms with E-state index in [-0.39, 0.29) is 25.0 Å². The summed E-state index contributed by atoms with van der Waals surface area (Å²) in [6, 6.07) is 16.5. The molecule has 7 nitrogen and oxygen atoms in total. The maximum absolute atomic E-state index is 12.3. The van der Waals surface area contributed by atoms with Crippen LogP contribution >= 0.6 is 11.3 Å². The van der Waals surface area contributed by atoms with Crippen molar-refractivity contribution < 1.29 is 19.1 Å². The minimum absolute atomic E-state index is 0.0522. The van der Waals surface area contributed by atoms with Crippen molar-refractivity contribution in [2.45, 2.75) is 19.4 Å². The van der Waals surface area contributed by atoms with Crippen molar-refractivity contribution >= 4 is 34.8 Å². The van der Waals surface area contributed by atoms with Crippen LogP contribution in [0, 0.1) is 0 Å². The van der Waals surface area contributed by atoms with E-state index in [1.807, 2.05) is 35.7 Å². The van der Waals surface area contributed by atoms with E-state index in [9.17, 15) is 14.4 Å². The monoisotopic (exact) mass is 435 g/mol. The van der Waals surface area contributed by atoms with Gasteiger partial charge in [0, 0.05) is 35.2 Å². The highest BCUT2D eigenvalue weighted by Gasteiger charge is 2.21. The number of anilines is 1. The summed E-state index contributed by atoms with van der Waals surface area (Å²) >= 11 is 1.48. The maximum atomic E-state index is 12.3. The number of carbonyl (C=O) groups excluding carboxylic acids is 3. The summed E-state index contributed by atoms with van der Waals surface area (Å²) < 4.78 is 5.21. The van der Waals surface area contributed by atoms with Crippen molar-refractivity contribution in [3.63, 3.8) is 0 Å². The van der Waals surface area contributed by atoms with Crippen LogP contribution in [0.4, 0.5) is 5.69 Å². The predicted octanol–water partition coefficient (Wildman–Crippen LogP) is 3.41. The number of nitrogens with zero attached hydrogens (tertiary/aromatic N) is 2. The van der Waals surface area contributed by atoms with Gasteiger partial charge in [-0.1, -0.05) is 30.3 Å². The van der Waals surface area contributed by atoms with Crippen molar-refractivity contribution in [1.29, 1.82) is 0 Å². The van der Waals surface area contributed by atoms with Crippen LogP contribution in [0.25, 0.3) is 10.6 Å². The third kappa shape index (κ3) is 5.16. The first kappa shape index (κ1) is 20.7. The molecule has 1 N–H and O–H groups in total. The fourth-order valence-corrected chi connectivity index (χ4v) is 4.07. The predicted molar refractivity (Wildman–Crippen MR) is 118 cm³/mol. The van der Waals surface area contributed by atoms with Crippen molar-refractivity contribution in [3.05, 3.63) is 71.2 Å². The molecule has 0 atom stereocenters. The lowest BCUT2D eigenvalue weighted by Crippen LogP contribution is -2.30. The van der Waals surface area contributed by atoms with Gasteiger partial charge in [0.25, 0.3) is 5.91 Å². The van der Waals surface area contributed by atoms with Gasteiger partial charge in [0.15, 0.2) is 0 Å². The number of ether oxygens (including phenoxy) is 1. The second-order valence-electron chi connectivity index (χ2n) is 7.05. The van der Waals surface area contributed by atoms with Crippen LogP contribution in [-0.2, 0) is 20.9 Å². The molecule has 2 amide bonds. The first-order chi connectivity index (χ1) is 15.1. The van der Waals surface area contributed by atoms with Crippen LogP contribution < -0.4 is 10.2 Å². The summed E-state index contributed by atoms with van der Waals surface area (Å²) in [4.78, 5) is 42.2. The molecule has 31 heavy (non-hydrogen) atoms. The van der Waals surface area contributed by atoms with Crippen molar-refractivity contribution in [3.8, 4) is 10.6 Å². The SMILES string of the molecule is O=C(CNC(=O)c1ccc(N2CCCC2=O)cc1)OCc1csc(-c2ccccc2)n1. The Morgan fingerprint density at radius 2 is 1.87 bits per heavy atom. The van der Waals surface area contributed by atoms with Gasteiger partial charge in [-0.15, -0.1) is 11.3 Å². The zero-order chi connectivity index (χ0) is 21.6. The molecular formula is C23H21N3O4S. The van der Waals surface area contributed by atoms with Gasteiger partial charge in [-0.3, -0.25) is 14.4 Å². The minimum atomic E-state index is -0.540. The fraction of sp³-hybridized carbons (Fsp3) is 0.217. The quantitative estimate of drug-likeness (QED) is 0.575. The fourth-order valence-electron chi connectivity index (χ4n) is 3.26. The van der Waals surface area contributed by atoms with Crippen LogP contribution in [0.5, 0.6) is 0 Å². The Kier molecular flexibility index (Phi) is 6.37. The van der Waals surface area contributed by atoms with E-state index < -0.39 is 5.97 Å². The lowest BCUT2D eigenvalue weighted by molar-refractivity contribution is -0.143. The molecule has 2 heterocycles. The van der Waals surface area contributed by atoms with E-state index in [4.69, 9.17) is 4.74 Å². The van der Waals surface area contributed by atoms with E-state index in [1.165, 1.54) is 11.3 Å². The van der Waals surface area contributed by atoms with Crippen molar-refractivity contribution in [2.75, 3.05) is 18.0 Å². The van der Waals surface area contributed by atoms with E-state index in [0.29, 0.717) is 24.2 Å². The molecule has 2 aromatic carbocycles.